The molecule has 2 fully saturated rings. The SMILES string of the molecule is C=C1CC[C@@H]2[C@](C)(CO[Si](C(C)C)(C(C)C)C(C)C)[C@H](OC(C)=O)CC[C@@]2(C)[C@@H]1/C=C/C1=CCOC1=O. The third kappa shape index (κ3) is 5.43. The van der Waals surface area contributed by atoms with Gasteiger partial charge in [0.1, 0.15) is 12.7 Å². The Balaban J connectivity index is 2.01. The molecule has 0 aromatic carbocycles. The Kier molecular flexibility index (Phi) is 9.06. The highest BCUT2D eigenvalue weighted by Crippen LogP contribution is 2.62. The third-order valence-corrected chi connectivity index (χ3v) is 16.1. The molecule has 1 aliphatic heterocycles. The van der Waals surface area contributed by atoms with Crippen LogP contribution in [0.4, 0.5) is 0 Å². The van der Waals surface area contributed by atoms with E-state index in [1.165, 1.54) is 12.5 Å². The first-order valence-corrected chi connectivity index (χ1v) is 16.4. The summed E-state index contributed by atoms with van der Waals surface area (Å²) in [6.45, 7) is 25.5. The normalized spacial score (nSPS) is 32.8. The van der Waals surface area contributed by atoms with Crippen molar-refractivity contribution in [3.63, 3.8) is 0 Å². The highest BCUT2D eigenvalue weighted by Gasteiger charge is 2.60. The molecule has 0 N–H and O–H groups in total. The molecule has 0 amide bonds. The summed E-state index contributed by atoms with van der Waals surface area (Å²) >= 11 is 0. The van der Waals surface area contributed by atoms with Gasteiger partial charge >= 0.3 is 11.9 Å². The number of fused-ring (bicyclic) bond motifs is 1. The van der Waals surface area contributed by atoms with Gasteiger partial charge in [0.15, 0.2) is 8.32 Å². The molecule has 208 valence electrons. The molecule has 2 saturated carbocycles. The topological polar surface area (TPSA) is 61.8 Å². The first-order chi connectivity index (χ1) is 17.2. The van der Waals surface area contributed by atoms with Crippen LogP contribution in [0.3, 0.4) is 0 Å². The smallest absolute Gasteiger partial charge is 0.338 e. The molecule has 0 unspecified atom stereocenters. The van der Waals surface area contributed by atoms with Gasteiger partial charge < -0.3 is 13.9 Å². The molecule has 1 heterocycles. The van der Waals surface area contributed by atoms with Crippen molar-refractivity contribution in [2.45, 2.75) is 111 Å². The maximum atomic E-state index is 12.2. The highest BCUT2D eigenvalue weighted by molar-refractivity contribution is 6.77. The summed E-state index contributed by atoms with van der Waals surface area (Å²) in [6, 6.07) is 0. The first-order valence-electron chi connectivity index (χ1n) is 14.2. The lowest BCUT2D eigenvalue weighted by atomic mass is 9.46. The highest BCUT2D eigenvalue weighted by atomic mass is 28.4. The van der Waals surface area contributed by atoms with Gasteiger partial charge in [-0.25, -0.2) is 4.79 Å². The van der Waals surface area contributed by atoms with Crippen LogP contribution in [0.15, 0.2) is 36.0 Å². The third-order valence-electron chi connectivity index (χ3n) is 10.0. The molecule has 37 heavy (non-hydrogen) atoms. The van der Waals surface area contributed by atoms with E-state index < -0.39 is 8.32 Å². The molecular formula is C31H50O5Si. The quantitative estimate of drug-likeness (QED) is 0.175. The summed E-state index contributed by atoms with van der Waals surface area (Å²) in [7, 11) is -2.11. The van der Waals surface area contributed by atoms with E-state index in [0.29, 0.717) is 41.3 Å². The van der Waals surface area contributed by atoms with E-state index in [1.54, 1.807) is 0 Å². The van der Waals surface area contributed by atoms with Gasteiger partial charge in [-0.2, -0.15) is 0 Å². The van der Waals surface area contributed by atoms with Crippen LogP contribution in [0, 0.1) is 22.7 Å². The Morgan fingerprint density at radius 3 is 2.30 bits per heavy atom. The van der Waals surface area contributed by atoms with E-state index in [0.717, 1.165) is 25.7 Å². The fourth-order valence-corrected chi connectivity index (χ4v) is 13.9. The minimum atomic E-state index is -2.11. The van der Waals surface area contributed by atoms with E-state index >= 15 is 0 Å². The van der Waals surface area contributed by atoms with Crippen LogP contribution in [0.5, 0.6) is 0 Å². The molecule has 3 aliphatic rings. The Hall–Kier alpha value is -1.66. The van der Waals surface area contributed by atoms with Gasteiger partial charge in [0, 0.05) is 24.9 Å². The number of cyclic esters (lactones) is 1. The standard InChI is InChI=1S/C31H50O5Si/c1-20(2)37(21(3)4,22(5)6)35-19-31(10)27-14-11-23(7)26(13-12-25-16-18-34-29(25)33)30(27,9)17-15-28(31)36-24(8)32/h12-13,16,20-22,26-28H,7,11,14-15,17-19H2,1-6,8-10H3/b13-12+/t26-,27+,28-,30+,31+/m1/s1. The molecule has 0 aromatic heterocycles. The lowest BCUT2D eigenvalue weighted by Crippen LogP contribution is -2.60. The summed E-state index contributed by atoms with van der Waals surface area (Å²) in [6.07, 6.45) is 9.43. The van der Waals surface area contributed by atoms with Gasteiger partial charge in [-0.3, -0.25) is 4.79 Å². The van der Waals surface area contributed by atoms with Crippen LogP contribution >= 0.6 is 0 Å². The van der Waals surface area contributed by atoms with Gasteiger partial charge in [-0.05, 0) is 59.7 Å². The largest absolute Gasteiger partial charge is 0.462 e. The van der Waals surface area contributed by atoms with E-state index in [-0.39, 0.29) is 34.8 Å². The number of rotatable bonds is 9. The zero-order chi connectivity index (χ0) is 27.8. The van der Waals surface area contributed by atoms with Crippen LogP contribution in [-0.4, -0.2) is 39.6 Å². The van der Waals surface area contributed by atoms with E-state index in [2.05, 4.69) is 68.0 Å². The lowest BCUT2D eigenvalue weighted by Gasteiger charge is -2.61. The Morgan fingerprint density at radius 1 is 1.16 bits per heavy atom. The van der Waals surface area contributed by atoms with Crippen LogP contribution in [0.1, 0.15) is 88.0 Å². The summed E-state index contributed by atoms with van der Waals surface area (Å²) in [5, 5.41) is 0. The molecule has 2 aliphatic carbocycles. The van der Waals surface area contributed by atoms with Crippen molar-refractivity contribution in [1.82, 2.24) is 0 Å². The molecule has 5 nitrogen and oxygen atoms in total. The molecule has 0 aromatic rings. The van der Waals surface area contributed by atoms with E-state index in [1.807, 2.05) is 12.2 Å². The number of ether oxygens (including phenoxy) is 2. The molecule has 0 bridgehead atoms. The van der Waals surface area contributed by atoms with Crippen LogP contribution in [-0.2, 0) is 23.5 Å². The van der Waals surface area contributed by atoms with Gasteiger partial charge in [-0.1, -0.05) is 79.7 Å². The number of carbonyl (C=O) groups is 2. The van der Waals surface area contributed by atoms with E-state index in [4.69, 9.17) is 13.9 Å². The second-order valence-corrected chi connectivity index (χ2v) is 18.6. The average Bonchev–Trinajstić information content (AvgIpc) is 3.19. The van der Waals surface area contributed by atoms with Gasteiger partial charge in [-0.15, -0.1) is 0 Å². The van der Waals surface area contributed by atoms with Crippen molar-refractivity contribution in [1.29, 1.82) is 0 Å². The second-order valence-electron chi connectivity index (χ2n) is 13.1. The predicted octanol–water partition coefficient (Wildman–Crippen LogP) is 7.54. The molecule has 0 spiro atoms. The Bertz CT molecular complexity index is 925. The molecule has 6 heteroatoms. The lowest BCUT2D eigenvalue weighted by molar-refractivity contribution is -0.182. The maximum absolute atomic E-state index is 12.2. The van der Waals surface area contributed by atoms with Crippen molar-refractivity contribution >= 4 is 20.3 Å². The number of esters is 2. The van der Waals surface area contributed by atoms with Crippen molar-refractivity contribution in [2.75, 3.05) is 13.2 Å². The summed E-state index contributed by atoms with van der Waals surface area (Å²) in [5.41, 5.74) is 2.92. The van der Waals surface area contributed by atoms with Crippen molar-refractivity contribution in [3.05, 3.63) is 36.0 Å². The fraction of sp³-hybridized carbons (Fsp3) is 0.742. The fourth-order valence-electron chi connectivity index (χ4n) is 8.34. The zero-order valence-corrected chi connectivity index (χ0v) is 25.7. The summed E-state index contributed by atoms with van der Waals surface area (Å²) < 4.78 is 18.4. The monoisotopic (exact) mass is 530 g/mol. The van der Waals surface area contributed by atoms with Crippen LogP contribution in [0.25, 0.3) is 0 Å². The minimum absolute atomic E-state index is 0.0681. The average molecular weight is 531 g/mol. The van der Waals surface area contributed by atoms with Crippen molar-refractivity contribution in [2.24, 2.45) is 22.7 Å². The molecule has 3 rings (SSSR count). The van der Waals surface area contributed by atoms with Gasteiger partial charge in [0.05, 0.1) is 5.57 Å². The molecule has 0 radical (unpaired) electrons. The number of hydrogen-bond acceptors (Lipinski definition) is 5. The molecular weight excluding hydrogens is 480 g/mol. The van der Waals surface area contributed by atoms with Gasteiger partial charge in [0.2, 0.25) is 0 Å². The predicted molar refractivity (Wildman–Crippen MR) is 152 cm³/mol. The van der Waals surface area contributed by atoms with Gasteiger partial charge in [0.25, 0.3) is 0 Å². The van der Waals surface area contributed by atoms with Crippen LogP contribution in [0.2, 0.25) is 16.6 Å². The molecule has 5 atom stereocenters. The van der Waals surface area contributed by atoms with Crippen LogP contribution < -0.4 is 0 Å². The van der Waals surface area contributed by atoms with Crippen molar-refractivity contribution < 1.29 is 23.5 Å². The van der Waals surface area contributed by atoms with E-state index in [9.17, 15) is 9.59 Å². The Morgan fingerprint density at radius 2 is 1.78 bits per heavy atom. The number of allylic oxidation sites excluding steroid dienone is 2. The zero-order valence-electron chi connectivity index (χ0n) is 24.7. The number of carbonyl (C=O) groups excluding carboxylic acids is 2. The summed E-state index contributed by atoms with van der Waals surface area (Å²) in [5.74, 6) is -0.0433. The minimum Gasteiger partial charge on any atom is -0.462 e. The van der Waals surface area contributed by atoms with Crippen molar-refractivity contribution in [3.8, 4) is 0 Å². The Labute approximate surface area is 226 Å². The maximum Gasteiger partial charge on any atom is 0.338 e. The first kappa shape index (κ1) is 29.9. The summed E-state index contributed by atoms with van der Waals surface area (Å²) in [4.78, 5) is 24.3. The molecule has 0 saturated heterocycles. The number of hydrogen-bond donors (Lipinski definition) is 0. The second kappa shape index (κ2) is 11.2.